The molecule has 2 aliphatic heterocycles. The van der Waals surface area contributed by atoms with Crippen molar-refractivity contribution in [2.24, 2.45) is 5.92 Å². The van der Waals surface area contributed by atoms with E-state index in [0.717, 1.165) is 50.1 Å². The Labute approximate surface area is 167 Å². The SMILES string of the molecule is CCN1CCN(c2cc3nc(C(=O)C4CC(C)CCO4)[nH]c3cc2C)C(C)C1. The number of carbonyl (C=O) groups is 1. The molecule has 2 fully saturated rings. The molecule has 0 amide bonds. The van der Waals surface area contributed by atoms with Crippen molar-refractivity contribution in [2.45, 2.75) is 52.7 Å². The Morgan fingerprint density at radius 1 is 1.32 bits per heavy atom. The number of piperazine rings is 1. The number of anilines is 1. The number of imidazole rings is 1. The molecule has 3 unspecified atom stereocenters. The number of carbonyl (C=O) groups excluding carboxylic acids is 1. The molecule has 1 aromatic carbocycles. The zero-order valence-electron chi connectivity index (χ0n) is 17.5. The van der Waals surface area contributed by atoms with Gasteiger partial charge in [0.15, 0.2) is 5.82 Å². The number of aromatic amines is 1. The number of nitrogens with one attached hydrogen (secondary N) is 1. The minimum Gasteiger partial charge on any atom is -0.370 e. The Hall–Kier alpha value is -1.92. The maximum Gasteiger partial charge on any atom is 0.226 e. The fourth-order valence-electron chi connectivity index (χ4n) is 4.56. The summed E-state index contributed by atoms with van der Waals surface area (Å²) in [5.74, 6) is 0.922. The molecule has 152 valence electrons. The molecule has 0 spiro atoms. The number of ether oxygens (including phenoxy) is 1. The molecule has 28 heavy (non-hydrogen) atoms. The summed E-state index contributed by atoms with van der Waals surface area (Å²) in [6.45, 7) is 13.8. The van der Waals surface area contributed by atoms with Crippen molar-refractivity contribution in [3.8, 4) is 0 Å². The predicted octanol–water partition coefficient (Wildman–Crippen LogP) is 3.40. The average molecular weight is 385 g/mol. The zero-order valence-corrected chi connectivity index (χ0v) is 17.5. The molecule has 6 nitrogen and oxygen atoms in total. The van der Waals surface area contributed by atoms with Crippen molar-refractivity contribution >= 4 is 22.5 Å². The van der Waals surface area contributed by atoms with Crippen LogP contribution >= 0.6 is 0 Å². The Morgan fingerprint density at radius 3 is 2.86 bits per heavy atom. The third kappa shape index (κ3) is 3.67. The molecule has 2 aliphatic rings. The minimum absolute atomic E-state index is 0.0214. The highest BCUT2D eigenvalue weighted by Crippen LogP contribution is 2.29. The Kier molecular flexibility index (Phi) is 5.43. The van der Waals surface area contributed by atoms with Gasteiger partial charge in [-0.05, 0) is 56.8 Å². The van der Waals surface area contributed by atoms with Crippen molar-refractivity contribution in [1.82, 2.24) is 14.9 Å². The molecule has 0 saturated carbocycles. The van der Waals surface area contributed by atoms with E-state index in [1.807, 2.05) is 0 Å². The van der Waals surface area contributed by atoms with Crippen LogP contribution in [0.15, 0.2) is 12.1 Å². The lowest BCUT2D eigenvalue weighted by Gasteiger charge is -2.41. The van der Waals surface area contributed by atoms with Gasteiger partial charge in [0, 0.05) is 38.0 Å². The average Bonchev–Trinajstić information content (AvgIpc) is 3.09. The van der Waals surface area contributed by atoms with E-state index in [9.17, 15) is 4.79 Å². The second-order valence-electron chi connectivity index (χ2n) is 8.53. The van der Waals surface area contributed by atoms with Crippen molar-refractivity contribution in [1.29, 1.82) is 0 Å². The lowest BCUT2D eigenvalue weighted by Crippen LogP contribution is -2.52. The maximum atomic E-state index is 12.9. The summed E-state index contributed by atoms with van der Waals surface area (Å²) in [6, 6.07) is 4.72. The van der Waals surface area contributed by atoms with Gasteiger partial charge in [0.25, 0.3) is 0 Å². The third-order valence-corrected chi connectivity index (χ3v) is 6.34. The van der Waals surface area contributed by atoms with E-state index in [1.54, 1.807) is 0 Å². The first-order valence-corrected chi connectivity index (χ1v) is 10.6. The lowest BCUT2D eigenvalue weighted by molar-refractivity contribution is 0.00270. The second kappa shape index (κ2) is 7.84. The molecule has 3 atom stereocenters. The van der Waals surface area contributed by atoms with Gasteiger partial charge in [-0.15, -0.1) is 0 Å². The van der Waals surface area contributed by atoms with Crippen LogP contribution in [0, 0.1) is 12.8 Å². The van der Waals surface area contributed by atoms with Gasteiger partial charge in [0.1, 0.15) is 6.10 Å². The molecular formula is C22H32N4O2. The van der Waals surface area contributed by atoms with Gasteiger partial charge < -0.3 is 14.6 Å². The normalized spacial score (nSPS) is 26.7. The van der Waals surface area contributed by atoms with E-state index in [2.05, 4.69) is 59.6 Å². The standard InChI is InChI=1S/C22H32N4O2/c1-5-25-7-8-26(16(4)13-25)19-12-18-17(11-15(19)3)23-22(24-18)21(27)20-10-14(2)6-9-28-20/h11-12,14,16,20H,5-10,13H2,1-4H3,(H,23,24). The van der Waals surface area contributed by atoms with Crippen LogP contribution in [-0.2, 0) is 4.74 Å². The molecule has 3 heterocycles. The van der Waals surface area contributed by atoms with E-state index in [4.69, 9.17) is 4.74 Å². The molecule has 0 bridgehead atoms. The molecule has 6 heteroatoms. The molecule has 2 saturated heterocycles. The Bertz CT molecular complexity index is 862. The van der Waals surface area contributed by atoms with Crippen LogP contribution in [0.25, 0.3) is 11.0 Å². The van der Waals surface area contributed by atoms with Gasteiger partial charge in [-0.2, -0.15) is 0 Å². The molecule has 0 radical (unpaired) electrons. The van der Waals surface area contributed by atoms with Gasteiger partial charge in [0.2, 0.25) is 5.78 Å². The Morgan fingerprint density at radius 2 is 2.14 bits per heavy atom. The molecule has 2 aromatic rings. The van der Waals surface area contributed by atoms with Gasteiger partial charge >= 0.3 is 0 Å². The third-order valence-electron chi connectivity index (χ3n) is 6.34. The number of benzene rings is 1. The number of nitrogens with zero attached hydrogens (tertiary/aromatic N) is 3. The number of Topliss-reactive ketones (excluding diaryl/α,β-unsaturated/α-hetero) is 1. The van der Waals surface area contributed by atoms with Gasteiger partial charge in [-0.1, -0.05) is 13.8 Å². The second-order valence-corrected chi connectivity index (χ2v) is 8.53. The van der Waals surface area contributed by atoms with Crippen LogP contribution in [0.3, 0.4) is 0 Å². The monoisotopic (exact) mass is 384 g/mol. The first-order chi connectivity index (χ1) is 13.5. The van der Waals surface area contributed by atoms with Crippen molar-refractivity contribution < 1.29 is 9.53 Å². The lowest BCUT2D eigenvalue weighted by atomic mass is 9.95. The van der Waals surface area contributed by atoms with E-state index in [0.29, 0.717) is 24.4 Å². The van der Waals surface area contributed by atoms with Gasteiger partial charge in [-0.3, -0.25) is 9.69 Å². The number of likely N-dealkylation sites (N-methyl/N-ethyl adjacent to an activating group) is 1. The summed E-state index contributed by atoms with van der Waals surface area (Å²) in [6.07, 6.45) is 1.43. The molecule has 4 rings (SSSR count). The summed E-state index contributed by atoms with van der Waals surface area (Å²) >= 11 is 0. The van der Waals surface area contributed by atoms with Crippen LogP contribution in [-0.4, -0.2) is 65.6 Å². The van der Waals surface area contributed by atoms with E-state index in [1.165, 1.54) is 11.3 Å². The van der Waals surface area contributed by atoms with E-state index in [-0.39, 0.29) is 11.9 Å². The number of rotatable bonds is 4. The van der Waals surface area contributed by atoms with Crippen molar-refractivity contribution in [2.75, 3.05) is 37.7 Å². The number of aromatic nitrogens is 2. The number of H-pyrrole nitrogens is 1. The number of ketones is 1. The topological polar surface area (TPSA) is 61.5 Å². The van der Waals surface area contributed by atoms with Crippen LogP contribution in [0.1, 0.15) is 49.8 Å². The number of aryl methyl sites for hydroxylation is 1. The quantitative estimate of drug-likeness (QED) is 0.819. The summed E-state index contributed by atoms with van der Waals surface area (Å²) in [4.78, 5) is 25.7. The minimum atomic E-state index is -0.368. The largest absolute Gasteiger partial charge is 0.370 e. The first kappa shape index (κ1) is 19.4. The highest BCUT2D eigenvalue weighted by Gasteiger charge is 2.29. The van der Waals surface area contributed by atoms with E-state index < -0.39 is 0 Å². The van der Waals surface area contributed by atoms with E-state index >= 15 is 0 Å². The first-order valence-electron chi connectivity index (χ1n) is 10.6. The van der Waals surface area contributed by atoms with Gasteiger partial charge in [-0.25, -0.2) is 4.98 Å². The Balaban J connectivity index is 1.60. The maximum absolute atomic E-state index is 12.9. The highest BCUT2D eigenvalue weighted by atomic mass is 16.5. The molecule has 0 aliphatic carbocycles. The number of fused-ring (bicyclic) bond motifs is 1. The van der Waals surface area contributed by atoms with Crippen LogP contribution in [0.4, 0.5) is 5.69 Å². The highest BCUT2D eigenvalue weighted by molar-refractivity contribution is 5.99. The zero-order chi connectivity index (χ0) is 19.8. The fourth-order valence-corrected chi connectivity index (χ4v) is 4.56. The predicted molar refractivity (Wildman–Crippen MR) is 112 cm³/mol. The summed E-state index contributed by atoms with van der Waals surface area (Å²) in [5.41, 5.74) is 4.23. The van der Waals surface area contributed by atoms with Gasteiger partial charge in [0.05, 0.1) is 11.0 Å². The summed E-state index contributed by atoms with van der Waals surface area (Å²) < 4.78 is 5.72. The number of hydrogen-bond donors (Lipinski definition) is 1. The fraction of sp³-hybridized carbons (Fsp3) is 0.636. The smallest absolute Gasteiger partial charge is 0.226 e. The van der Waals surface area contributed by atoms with Crippen LogP contribution in [0.5, 0.6) is 0 Å². The molecule has 1 N–H and O–H groups in total. The summed E-state index contributed by atoms with van der Waals surface area (Å²) in [7, 11) is 0. The molecular weight excluding hydrogens is 352 g/mol. The number of hydrogen-bond acceptors (Lipinski definition) is 5. The van der Waals surface area contributed by atoms with Crippen LogP contribution in [0.2, 0.25) is 0 Å². The van der Waals surface area contributed by atoms with Crippen molar-refractivity contribution in [3.05, 3.63) is 23.5 Å². The van der Waals surface area contributed by atoms with Crippen LogP contribution < -0.4 is 4.90 Å². The summed E-state index contributed by atoms with van der Waals surface area (Å²) in [5, 5.41) is 0. The van der Waals surface area contributed by atoms with Crippen molar-refractivity contribution in [3.63, 3.8) is 0 Å². The molecule has 1 aromatic heterocycles.